The lowest BCUT2D eigenvalue weighted by molar-refractivity contribution is -0.146. The SMILES string of the molecule is CO[C@@H]1CCN(CC(=O)Nc2cccc(F)c2C)C[C@]12CCCO2. The minimum atomic E-state index is -0.313. The van der Waals surface area contributed by atoms with Crippen LogP contribution in [0.2, 0.25) is 0 Å². The molecule has 0 aromatic heterocycles. The number of amides is 1. The average molecular weight is 336 g/mol. The van der Waals surface area contributed by atoms with Crippen LogP contribution in [0.1, 0.15) is 24.8 Å². The van der Waals surface area contributed by atoms with Crippen molar-refractivity contribution in [2.24, 2.45) is 0 Å². The first-order chi connectivity index (χ1) is 11.5. The topological polar surface area (TPSA) is 50.8 Å². The van der Waals surface area contributed by atoms with Gasteiger partial charge in [-0.2, -0.15) is 0 Å². The van der Waals surface area contributed by atoms with Crippen molar-refractivity contribution < 1.29 is 18.7 Å². The van der Waals surface area contributed by atoms with Gasteiger partial charge in [0.2, 0.25) is 5.91 Å². The molecule has 2 aliphatic rings. The van der Waals surface area contributed by atoms with Crippen molar-refractivity contribution in [2.75, 3.05) is 38.7 Å². The van der Waals surface area contributed by atoms with Crippen LogP contribution in [0.15, 0.2) is 18.2 Å². The molecule has 0 bridgehead atoms. The number of halogens is 1. The van der Waals surface area contributed by atoms with Crippen molar-refractivity contribution in [2.45, 2.75) is 37.9 Å². The average Bonchev–Trinajstić information content (AvgIpc) is 3.01. The number of anilines is 1. The van der Waals surface area contributed by atoms with E-state index in [1.807, 2.05) is 0 Å². The Morgan fingerprint density at radius 1 is 1.54 bits per heavy atom. The highest BCUT2D eigenvalue weighted by Gasteiger charge is 2.47. The monoisotopic (exact) mass is 336 g/mol. The lowest BCUT2D eigenvalue weighted by atomic mass is 9.87. The molecule has 24 heavy (non-hydrogen) atoms. The summed E-state index contributed by atoms with van der Waals surface area (Å²) >= 11 is 0. The van der Waals surface area contributed by atoms with E-state index in [2.05, 4.69) is 10.2 Å². The lowest BCUT2D eigenvalue weighted by Crippen LogP contribution is -2.58. The van der Waals surface area contributed by atoms with E-state index in [1.165, 1.54) is 6.07 Å². The molecule has 0 radical (unpaired) electrons. The summed E-state index contributed by atoms with van der Waals surface area (Å²) in [7, 11) is 1.73. The van der Waals surface area contributed by atoms with E-state index in [-0.39, 0.29) is 30.0 Å². The number of carbonyl (C=O) groups excluding carboxylic acids is 1. The van der Waals surface area contributed by atoms with Crippen molar-refractivity contribution in [1.82, 2.24) is 4.90 Å². The molecule has 2 fully saturated rings. The van der Waals surface area contributed by atoms with Crippen LogP contribution < -0.4 is 5.32 Å². The summed E-state index contributed by atoms with van der Waals surface area (Å²) in [5.74, 6) is -0.445. The summed E-state index contributed by atoms with van der Waals surface area (Å²) in [6, 6.07) is 4.71. The Balaban J connectivity index is 1.61. The van der Waals surface area contributed by atoms with Crippen LogP contribution in [0.25, 0.3) is 0 Å². The van der Waals surface area contributed by atoms with E-state index in [4.69, 9.17) is 9.47 Å². The minimum Gasteiger partial charge on any atom is -0.378 e. The van der Waals surface area contributed by atoms with E-state index in [9.17, 15) is 9.18 Å². The Labute approximate surface area is 142 Å². The highest BCUT2D eigenvalue weighted by Crippen LogP contribution is 2.36. The predicted octanol–water partition coefficient (Wildman–Crippen LogP) is 2.34. The van der Waals surface area contributed by atoms with E-state index in [1.54, 1.807) is 26.2 Å². The zero-order chi connectivity index (χ0) is 17.2. The van der Waals surface area contributed by atoms with Gasteiger partial charge in [-0.3, -0.25) is 9.69 Å². The molecule has 1 spiro atoms. The Morgan fingerprint density at radius 3 is 3.08 bits per heavy atom. The van der Waals surface area contributed by atoms with Gasteiger partial charge in [0.1, 0.15) is 11.4 Å². The number of piperidine rings is 1. The van der Waals surface area contributed by atoms with Gasteiger partial charge in [0.05, 0.1) is 12.6 Å². The number of ether oxygens (including phenoxy) is 2. The molecule has 1 N–H and O–H groups in total. The minimum absolute atomic E-state index is 0.0878. The molecule has 2 saturated heterocycles. The molecule has 1 amide bonds. The van der Waals surface area contributed by atoms with Crippen molar-refractivity contribution in [3.8, 4) is 0 Å². The third-order valence-corrected chi connectivity index (χ3v) is 5.11. The zero-order valence-electron chi connectivity index (χ0n) is 14.3. The van der Waals surface area contributed by atoms with Crippen LogP contribution in [0.3, 0.4) is 0 Å². The molecular weight excluding hydrogens is 311 g/mol. The molecule has 0 saturated carbocycles. The summed E-state index contributed by atoms with van der Waals surface area (Å²) in [6.45, 7) is 4.18. The van der Waals surface area contributed by atoms with Crippen LogP contribution >= 0.6 is 0 Å². The maximum Gasteiger partial charge on any atom is 0.238 e. The van der Waals surface area contributed by atoms with Gasteiger partial charge in [-0.05, 0) is 38.3 Å². The third-order valence-electron chi connectivity index (χ3n) is 5.11. The van der Waals surface area contributed by atoms with Gasteiger partial charge < -0.3 is 14.8 Å². The molecule has 3 rings (SSSR count). The third kappa shape index (κ3) is 3.45. The Bertz CT molecular complexity index is 602. The number of likely N-dealkylation sites (tertiary alicyclic amines) is 1. The highest BCUT2D eigenvalue weighted by atomic mass is 19.1. The molecule has 132 valence electrons. The van der Waals surface area contributed by atoms with Crippen molar-refractivity contribution in [3.63, 3.8) is 0 Å². The fourth-order valence-corrected chi connectivity index (χ4v) is 3.82. The largest absolute Gasteiger partial charge is 0.378 e. The van der Waals surface area contributed by atoms with Crippen LogP contribution in [0.4, 0.5) is 10.1 Å². The molecule has 2 aliphatic heterocycles. The smallest absolute Gasteiger partial charge is 0.238 e. The van der Waals surface area contributed by atoms with E-state index >= 15 is 0 Å². The Kier molecular flexibility index (Phi) is 5.18. The number of hydrogen-bond donors (Lipinski definition) is 1. The molecule has 2 heterocycles. The van der Waals surface area contributed by atoms with Crippen molar-refractivity contribution in [3.05, 3.63) is 29.6 Å². The predicted molar refractivity (Wildman–Crippen MR) is 89.5 cm³/mol. The summed E-state index contributed by atoms with van der Waals surface area (Å²) in [5.41, 5.74) is 0.695. The first-order valence-electron chi connectivity index (χ1n) is 8.48. The quantitative estimate of drug-likeness (QED) is 0.917. The summed E-state index contributed by atoms with van der Waals surface area (Å²) in [5, 5.41) is 2.81. The van der Waals surface area contributed by atoms with E-state index < -0.39 is 0 Å². The van der Waals surface area contributed by atoms with Gasteiger partial charge in [-0.15, -0.1) is 0 Å². The molecule has 5 nitrogen and oxygen atoms in total. The second kappa shape index (κ2) is 7.17. The van der Waals surface area contributed by atoms with Gasteiger partial charge in [0, 0.05) is 38.1 Å². The molecular formula is C18H25FN2O3. The van der Waals surface area contributed by atoms with Gasteiger partial charge >= 0.3 is 0 Å². The maximum atomic E-state index is 13.6. The first kappa shape index (κ1) is 17.3. The second-order valence-corrected chi connectivity index (χ2v) is 6.70. The van der Waals surface area contributed by atoms with Crippen LogP contribution in [-0.2, 0) is 14.3 Å². The lowest BCUT2D eigenvalue weighted by Gasteiger charge is -2.44. The number of nitrogens with zero attached hydrogens (tertiary/aromatic N) is 1. The fourth-order valence-electron chi connectivity index (χ4n) is 3.82. The van der Waals surface area contributed by atoms with E-state index in [0.717, 1.165) is 32.4 Å². The molecule has 0 unspecified atom stereocenters. The van der Waals surface area contributed by atoms with Gasteiger partial charge in [0.15, 0.2) is 0 Å². The van der Waals surface area contributed by atoms with Crippen LogP contribution in [-0.4, -0.2) is 55.9 Å². The number of nitrogens with one attached hydrogen (secondary N) is 1. The molecule has 1 aromatic carbocycles. The summed E-state index contributed by atoms with van der Waals surface area (Å²) in [6.07, 6.45) is 2.93. The summed E-state index contributed by atoms with van der Waals surface area (Å²) < 4.78 is 25.2. The number of hydrogen-bond acceptors (Lipinski definition) is 4. The summed E-state index contributed by atoms with van der Waals surface area (Å²) in [4.78, 5) is 14.5. The van der Waals surface area contributed by atoms with Crippen molar-refractivity contribution in [1.29, 1.82) is 0 Å². The molecule has 6 heteroatoms. The van der Waals surface area contributed by atoms with Crippen LogP contribution in [0.5, 0.6) is 0 Å². The Morgan fingerprint density at radius 2 is 2.38 bits per heavy atom. The number of carbonyl (C=O) groups is 1. The zero-order valence-corrected chi connectivity index (χ0v) is 14.3. The fraction of sp³-hybridized carbons (Fsp3) is 0.611. The maximum absolute atomic E-state index is 13.6. The normalized spacial score (nSPS) is 27.5. The molecule has 0 aliphatic carbocycles. The number of methoxy groups -OCH3 is 1. The second-order valence-electron chi connectivity index (χ2n) is 6.70. The van der Waals surface area contributed by atoms with Crippen molar-refractivity contribution >= 4 is 11.6 Å². The molecule has 2 atom stereocenters. The highest BCUT2D eigenvalue weighted by molar-refractivity contribution is 5.93. The van der Waals surface area contributed by atoms with Gasteiger partial charge in [0.25, 0.3) is 0 Å². The first-order valence-corrected chi connectivity index (χ1v) is 8.48. The standard InChI is InChI=1S/C18H25FN2O3/c1-13-14(19)5-3-6-15(13)20-17(22)11-21-9-7-16(23-2)18(12-21)8-4-10-24-18/h3,5-6,16H,4,7-12H2,1-2H3,(H,20,22)/t16-,18-/m1/s1. The van der Waals surface area contributed by atoms with E-state index in [0.29, 0.717) is 17.8 Å². The van der Waals surface area contributed by atoms with Gasteiger partial charge in [-0.25, -0.2) is 4.39 Å². The van der Waals surface area contributed by atoms with Crippen LogP contribution in [0, 0.1) is 12.7 Å². The molecule has 1 aromatic rings. The Hall–Kier alpha value is -1.50. The van der Waals surface area contributed by atoms with Gasteiger partial charge in [-0.1, -0.05) is 6.07 Å². The number of benzene rings is 1. The number of rotatable bonds is 4.